The maximum Gasteiger partial charge on any atom is 0.408 e. The molecule has 0 fully saturated rings. The first-order chi connectivity index (χ1) is 10.2. The van der Waals surface area contributed by atoms with Crippen molar-refractivity contribution in [2.24, 2.45) is 0 Å². The quantitative estimate of drug-likeness (QED) is 0.620. The van der Waals surface area contributed by atoms with Crippen LogP contribution in [-0.2, 0) is 9.53 Å². The third kappa shape index (κ3) is 4.01. The summed E-state index contributed by atoms with van der Waals surface area (Å²) in [6.45, 7) is 5.28. The smallest absolute Gasteiger partial charge is 0.408 e. The molecule has 22 heavy (non-hydrogen) atoms. The van der Waals surface area contributed by atoms with Gasteiger partial charge in [-0.25, -0.2) is 14.8 Å². The average molecular weight is 345 g/mol. The number of ether oxygens (including phenoxy) is 1. The molecular formula is C13H17ClN4O3S. The summed E-state index contributed by atoms with van der Waals surface area (Å²) >= 11 is 7.11. The van der Waals surface area contributed by atoms with E-state index in [-0.39, 0.29) is 11.2 Å². The largest absolute Gasteiger partial charge is 0.444 e. The number of hydrogen-bond acceptors (Lipinski definition) is 6. The highest BCUT2D eigenvalue weighted by atomic mass is 35.5. The van der Waals surface area contributed by atoms with Crippen molar-refractivity contribution in [1.82, 2.24) is 15.3 Å². The summed E-state index contributed by atoms with van der Waals surface area (Å²) in [5.41, 5.74) is -0.0633. The van der Waals surface area contributed by atoms with Gasteiger partial charge in [-0.1, -0.05) is 0 Å². The number of carbonyl (C=O) groups excluding carboxylic acids is 2. The molecule has 1 aliphatic heterocycles. The van der Waals surface area contributed by atoms with Crippen LogP contribution in [0.3, 0.4) is 0 Å². The Labute approximate surface area is 137 Å². The van der Waals surface area contributed by atoms with Crippen molar-refractivity contribution in [2.75, 3.05) is 17.7 Å². The van der Waals surface area contributed by atoms with Crippen LogP contribution in [0.5, 0.6) is 0 Å². The van der Waals surface area contributed by atoms with Crippen LogP contribution in [-0.4, -0.2) is 46.4 Å². The highest BCUT2D eigenvalue weighted by Crippen LogP contribution is 2.32. The molecule has 1 N–H and O–H groups in total. The molecular weight excluding hydrogens is 328 g/mol. The molecule has 0 unspecified atom stereocenters. The lowest BCUT2D eigenvalue weighted by atomic mass is 10.2. The van der Waals surface area contributed by atoms with Crippen LogP contribution in [0.2, 0.25) is 5.28 Å². The molecule has 1 aromatic heterocycles. The predicted octanol–water partition coefficient (Wildman–Crippen LogP) is 2.09. The summed E-state index contributed by atoms with van der Waals surface area (Å²) in [5, 5.41) is 3.31. The monoisotopic (exact) mass is 344 g/mol. The molecule has 0 saturated heterocycles. The number of hydrogen-bond donors (Lipinski definition) is 1. The van der Waals surface area contributed by atoms with Crippen molar-refractivity contribution in [2.45, 2.75) is 37.4 Å². The Bertz CT molecular complexity index is 605. The van der Waals surface area contributed by atoms with E-state index in [9.17, 15) is 9.59 Å². The van der Waals surface area contributed by atoms with Crippen LogP contribution in [0.25, 0.3) is 0 Å². The zero-order valence-electron chi connectivity index (χ0n) is 12.7. The number of anilines is 1. The summed E-state index contributed by atoms with van der Waals surface area (Å²) in [4.78, 5) is 33.7. The Morgan fingerprint density at radius 2 is 2.23 bits per heavy atom. The van der Waals surface area contributed by atoms with Gasteiger partial charge in [0.1, 0.15) is 16.7 Å². The van der Waals surface area contributed by atoms with E-state index in [0.717, 1.165) is 0 Å². The second kappa shape index (κ2) is 6.29. The van der Waals surface area contributed by atoms with Gasteiger partial charge in [-0.2, -0.15) is 0 Å². The standard InChI is InChI=1S/C13H17ClN4O3S/c1-13(2,3)21-12(20)16-7-6-22-9-8(18(4)10(7)19)5-15-11(14)17-9/h5,7H,6H2,1-4H3,(H,16,20)/t7-/m0/s1. The number of fused-ring (bicyclic) bond motifs is 1. The molecule has 2 heterocycles. The van der Waals surface area contributed by atoms with Crippen molar-refractivity contribution in [3.8, 4) is 0 Å². The Balaban J connectivity index is 2.14. The molecule has 2 amide bonds. The molecule has 0 bridgehead atoms. The highest BCUT2D eigenvalue weighted by molar-refractivity contribution is 7.99. The normalized spacial score (nSPS) is 18.5. The summed E-state index contributed by atoms with van der Waals surface area (Å²) in [6, 6.07) is -0.710. The van der Waals surface area contributed by atoms with Gasteiger partial charge in [-0.05, 0) is 32.4 Å². The molecule has 0 radical (unpaired) electrons. The van der Waals surface area contributed by atoms with E-state index >= 15 is 0 Å². The number of aromatic nitrogens is 2. The number of nitrogens with one attached hydrogen (secondary N) is 1. The van der Waals surface area contributed by atoms with Crippen LogP contribution in [0.1, 0.15) is 20.8 Å². The number of halogens is 1. The van der Waals surface area contributed by atoms with E-state index in [1.165, 1.54) is 22.9 Å². The Morgan fingerprint density at radius 3 is 2.86 bits per heavy atom. The number of rotatable bonds is 1. The molecule has 0 aromatic carbocycles. The average Bonchev–Trinajstić information content (AvgIpc) is 2.49. The van der Waals surface area contributed by atoms with Gasteiger partial charge < -0.3 is 15.0 Å². The number of carbonyl (C=O) groups is 2. The maximum absolute atomic E-state index is 12.4. The fourth-order valence-electron chi connectivity index (χ4n) is 1.82. The van der Waals surface area contributed by atoms with Crippen molar-refractivity contribution in [3.63, 3.8) is 0 Å². The molecule has 0 aliphatic carbocycles. The van der Waals surface area contributed by atoms with Gasteiger partial charge in [0.05, 0.1) is 11.9 Å². The van der Waals surface area contributed by atoms with Crippen molar-refractivity contribution < 1.29 is 14.3 Å². The van der Waals surface area contributed by atoms with E-state index < -0.39 is 17.7 Å². The van der Waals surface area contributed by atoms with Crippen LogP contribution in [0, 0.1) is 0 Å². The first kappa shape index (κ1) is 16.8. The minimum atomic E-state index is -0.710. The molecule has 7 nitrogen and oxygen atoms in total. The molecule has 1 aliphatic rings. The van der Waals surface area contributed by atoms with E-state index in [4.69, 9.17) is 16.3 Å². The lowest BCUT2D eigenvalue weighted by Gasteiger charge is -2.24. The van der Waals surface area contributed by atoms with Gasteiger partial charge >= 0.3 is 6.09 Å². The van der Waals surface area contributed by atoms with Gasteiger partial charge in [0.2, 0.25) is 11.2 Å². The van der Waals surface area contributed by atoms with Gasteiger partial charge in [0, 0.05) is 12.8 Å². The fourth-order valence-corrected chi connectivity index (χ4v) is 3.04. The first-order valence-corrected chi connectivity index (χ1v) is 7.96. The number of amides is 2. The van der Waals surface area contributed by atoms with Crippen molar-refractivity contribution in [3.05, 3.63) is 11.5 Å². The SMILES string of the molecule is CN1C(=O)[C@@H](NC(=O)OC(C)(C)C)CSc2nc(Cl)ncc21. The van der Waals surface area contributed by atoms with Gasteiger partial charge in [0.15, 0.2) is 0 Å². The summed E-state index contributed by atoms with van der Waals surface area (Å²) < 4.78 is 5.18. The highest BCUT2D eigenvalue weighted by Gasteiger charge is 2.32. The third-order valence-corrected chi connectivity index (χ3v) is 4.03. The van der Waals surface area contributed by atoms with E-state index in [1.54, 1.807) is 27.8 Å². The maximum atomic E-state index is 12.4. The van der Waals surface area contributed by atoms with Crippen molar-refractivity contribution >= 4 is 41.1 Å². The second-order valence-corrected chi connectivity index (χ2v) is 7.08. The molecule has 9 heteroatoms. The van der Waals surface area contributed by atoms with Crippen LogP contribution in [0.4, 0.5) is 10.5 Å². The Kier molecular flexibility index (Phi) is 4.81. The lowest BCUT2D eigenvalue weighted by molar-refractivity contribution is -0.119. The van der Waals surface area contributed by atoms with Gasteiger partial charge in [-0.15, -0.1) is 11.8 Å². The molecule has 1 aromatic rings. The summed E-state index contributed by atoms with van der Waals surface area (Å²) in [5.74, 6) is 0.0750. The van der Waals surface area contributed by atoms with Gasteiger partial charge in [0.25, 0.3) is 0 Å². The minimum Gasteiger partial charge on any atom is -0.444 e. The predicted molar refractivity (Wildman–Crippen MR) is 84.3 cm³/mol. The van der Waals surface area contributed by atoms with E-state index in [1.807, 2.05) is 0 Å². The lowest BCUT2D eigenvalue weighted by Crippen LogP contribution is -2.49. The number of nitrogens with zero attached hydrogens (tertiary/aromatic N) is 3. The van der Waals surface area contributed by atoms with E-state index in [0.29, 0.717) is 16.5 Å². The fraction of sp³-hybridized carbons (Fsp3) is 0.538. The van der Waals surface area contributed by atoms with Crippen LogP contribution >= 0.6 is 23.4 Å². The molecule has 120 valence electrons. The van der Waals surface area contributed by atoms with Crippen molar-refractivity contribution in [1.29, 1.82) is 0 Å². The number of alkyl carbamates (subject to hydrolysis) is 1. The van der Waals surface area contributed by atoms with E-state index in [2.05, 4.69) is 15.3 Å². The third-order valence-electron chi connectivity index (χ3n) is 2.77. The minimum absolute atomic E-state index is 0.116. The molecule has 0 saturated carbocycles. The zero-order chi connectivity index (χ0) is 16.5. The van der Waals surface area contributed by atoms with Gasteiger partial charge in [-0.3, -0.25) is 4.79 Å². The molecule has 0 spiro atoms. The number of likely N-dealkylation sites (N-methyl/N-ethyl adjacent to an activating group) is 1. The molecule has 1 atom stereocenters. The molecule has 2 rings (SSSR count). The topological polar surface area (TPSA) is 84.4 Å². The Hall–Kier alpha value is -1.54. The van der Waals surface area contributed by atoms with Crippen LogP contribution in [0.15, 0.2) is 11.2 Å². The zero-order valence-corrected chi connectivity index (χ0v) is 14.3. The van der Waals surface area contributed by atoms with Crippen LogP contribution < -0.4 is 10.2 Å². The first-order valence-electron chi connectivity index (χ1n) is 6.60. The summed E-state index contributed by atoms with van der Waals surface area (Å²) in [7, 11) is 1.61. The Morgan fingerprint density at radius 1 is 1.55 bits per heavy atom. The second-order valence-electron chi connectivity index (χ2n) is 5.74. The number of thioether (sulfide) groups is 1. The summed E-state index contributed by atoms with van der Waals surface area (Å²) in [6.07, 6.45) is 0.862.